The summed E-state index contributed by atoms with van der Waals surface area (Å²) in [7, 11) is 0. The molecule has 1 atom stereocenters. The lowest BCUT2D eigenvalue weighted by atomic mass is 9.82. The zero-order chi connectivity index (χ0) is 24.9. The van der Waals surface area contributed by atoms with Gasteiger partial charge in [-0.1, -0.05) is 6.07 Å². The van der Waals surface area contributed by atoms with Crippen molar-refractivity contribution in [3.63, 3.8) is 0 Å². The third-order valence-electron chi connectivity index (χ3n) is 7.41. The molecule has 9 heteroatoms. The molecule has 1 aliphatic heterocycles. The van der Waals surface area contributed by atoms with Gasteiger partial charge in [-0.15, -0.1) is 0 Å². The predicted octanol–water partition coefficient (Wildman–Crippen LogP) is 4.01. The van der Waals surface area contributed by atoms with Crippen LogP contribution in [0.5, 0.6) is 0 Å². The van der Waals surface area contributed by atoms with E-state index in [0.29, 0.717) is 35.7 Å². The molecule has 3 aromatic rings. The van der Waals surface area contributed by atoms with Crippen molar-refractivity contribution in [1.29, 1.82) is 5.26 Å². The number of halogens is 1. The van der Waals surface area contributed by atoms with Crippen molar-refractivity contribution in [3.05, 3.63) is 66.0 Å². The number of hydrogen-bond donors (Lipinski definition) is 1. The summed E-state index contributed by atoms with van der Waals surface area (Å²) in [6, 6.07) is 10.8. The number of rotatable bonds is 7. The molecule has 0 bridgehead atoms. The van der Waals surface area contributed by atoms with Crippen molar-refractivity contribution in [3.8, 4) is 17.2 Å². The average molecular weight is 485 g/mol. The Hall–Kier alpha value is -4.06. The molecule has 3 heterocycles. The molecule has 36 heavy (non-hydrogen) atoms. The molecular formula is C27H25FN6O2. The molecule has 2 aliphatic carbocycles. The Labute approximate surface area is 207 Å². The maximum Gasteiger partial charge on any atom is 0.270 e. The Kier molecular flexibility index (Phi) is 5.32. The van der Waals surface area contributed by atoms with Gasteiger partial charge in [0.25, 0.3) is 5.91 Å². The van der Waals surface area contributed by atoms with Gasteiger partial charge >= 0.3 is 0 Å². The average Bonchev–Trinajstić information content (AvgIpc) is 3.84. The van der Waals surface area contributed by atoms with Gasteiger partial charge in [-0.05, 0) is 67.9 Å². The first-order valence-corrected chi connectivity index (χ1v) is 12.3. The smallest absolute Gasteiger partial charge is 0.270 e. The molecule has 2 aromatic heterocycles. The fraction of sp³-hybridized carbons (Fsp3) is 0.370. The van der Waals surface area contributed by atoms with Crippen molar-refractivity contribution >= 4 is 17.5 Å². The maximum atomic E-state index is 15.8. The molecule has 1 saturated heterocycles. The standard InChI is InChI=1S/C27H25FN6O2/c28-22-12-17(13-31-25(35)23-3-1-2-9-30-23)11-21(18-14-32-34(15-18)20-6-7-20)24(22)33-10-8-27(16-29,26(33)36)19-4-5-19/h1-3,9,11-12,14-15,19-20H,4-8,10,13H2,(H,31,35)/t27-/m1/s1. The maximum absolute atomic E-state index is 15.8. The summed E-state index contributed by atoms with van der Waals surface area (Å²) in [6.07, 6.45) is 9.31. The van der Waals surface area contributed by atoms with Crippen LogP contribution in [0.15, 0.2) is 48.9 Å². The summed E-state index contributed by atoms with van der Waals surface area (Å²) in [5.74, 6) is -1.20. The Morgan fingerprint density at radius 3 is 2.78 bits per heavy atom. The van der Waals surface area contributed by atoms with Crippen molar-refractivity contribution in [1.82, 2.24) is 20.1 Å². The highest BCUT2D eigenvalue weighted by atomic mass is 19.1. The second kappa shape index (κ2) is 8.55. The first kappa shape index (κ1) is 22.4. The summed E-state index contributed by atoms with van der Waals surface area (Å²) in [6.45, 7) is 0.383. The number of anilines is 1. The molecule has 0 unspecified atom stereocenters. The lowest BCUT2D eigenvalue weighted by molar-refractivity contribution is -0.123. The largest absolute Gasteiger partial charge is 0.347 e. The minimum Gasteiger partial charge on any atom is -0.347 e. The van der Waals surface area contributed by atoms with Crippen LogP contribution in [0.3, 0.4) is 0 Å². The molecule has 8 nitrogen and oxygen atoms in total. The third kappa shape index (κ3) is 3.83. The van der Waals surface area contributed by atoms with Crippen molar-refractivity contribution in [2.45, 2.75) is 44.7 Å². The predicted molar refractivity (Wildman–Crippen MR) is 129 cm³/mol. The van der Waals surface area contributed by atoms with E-state index in [9.17, 15) is 14.9 Å². The zero-order valence-electron chi connectivity index (χ0n) is 19.7. The van der Waals surface area contributed by atoms with Gasteiger partial charge in [-0.25, -0.2) is 4.39 Å². The number of pyridine rings is 1. The van der Waals surface area contributed by atoms with Crippen LogP contribution in [0, 0.1) is 28.5 Å². The summed E-state index contributed by atoms with van der Waals surface area (Å²) >= 11 is 0. The molecular weight excluding hydrogens is 459 g/mol. The van der Waals surface area contributed by atoms with Crippen LogP contribution in [0.2, 0.25) is 0 Å². The van der Waals surface area contributed by atoms with Gasteiger partial charge < -0.3 is 10.2 Å². The van der Waals surface area contributed by atoms with Crippen LogP contribution in [0.1, 0.15) is 54.2 Å². The van der Waals surface area contributed by atoms with Crippen molar-refractivity contribution < 1.29 is 14.0 Å². The van der Waals surface area contributed by atoms with E-state index in [4.69, 9.17) is 0 Å². The molecule has 0 radical (unpaired) electrons. The second-order valence-electron chi connectivity index (χ2n) is 9.88. The van der Waals surface area contributed by atoms with Gasteiger partial charge in [0, 0.05) is 36.6 Å². The summed E-state index contributed by atoms with van der Waals surface area (Å²) in [4.78, 5) is 31.5. The fourth-order valence-corrected chi connectivity index (χ4v) is 5.14. The van der Waals surface area contributed by atoms with Gasteiger partial charge in [-0.3, -0.25) is 19.3 Å². The van der Waals surface area contributed by atoms with Crippen LogP contribution in [0.25, 0.3) is 11.1 Å². The minimum atomic E-state index is -1.07. The highest BCUT2D eigenvalue weighted by Gasteiger charge is 2.57. The highest BCUT2D eigenvalue weighted by Crippen LogP contribution is 2.53. The third-order valence-corrected chi connectivity index (χ3v) is 7.41. The van der Waals surface area contributed by atoms with E-state index in [1.54, 1.807) is 30.5 Å². The molecule has 182 valence electrons. The number of nitrogens with one attached hydrogen (secondary N) is 1. The molecule has 1 aromatic carbocycles. The van der Waals surface area contributed by atoms with Crippen LogP contribution >= 0.6 is 0 Å². The molecule has 1 N–H and O–H groups in total. The number of benzene rings is 1. The fourth-order valence-electron chi connectivity index (χ4n) is 5.14. The topological polar surface area (TPSA) is 104 Å². The van der Waals surface area contributed by atoms with E-state index in [2.05, 4.69) is 21.5 Å². The zero-order valence-corrected chi connectivity index (χ0v) is 19.7. The Morgan fingerprint density at radius 1 is 1.25 bits per heavy atom. The number of carbonyl (C=O) groups is 2. The van der Waals surface area contributed by atoms with E-state index >= 15 is 4.39 Å². The first-order valence-electron chi connectivity index (χ1n) is 12.3. The van der Waals surface area contributed by atoms with Gasteiger partial charge in [0.2, 0.25) is 5.91 Å². The Balaban J connectivity index is 1.35. The van der Waals surface area contributed by atoms with Crippen molar-refractivity contribution in [2.24, 2.45) is 11.3 Å². The lowest BCUT2D eigenvalue weighted by Crippen LogP contribution is -2.36. The van der Waals surface area contributed by atoms with Crippen LogP contribution in [-0.2, 0) is 11.3 Å². The number of aromatic nitrogens is 3. The molecule has 3 fully saturated rings. The number of amides is 2. The molecule has 2 saturated carbocycles. The summed E-state index contributed by atoms with van der Waals surface area (Å²) in [5.41, 5.74) is 1.15. The molecule has 2 amide bonds. The van der Waals surface area contributed by atoms with Crippen LogP contribution in [0.4, 0.5) is 10.1 Å². The van der Waals surface area contributed by atoms with Crippen LogP contribution < -0.4 is 10.2 Å². The van der Waals surface area contributed by atoms with Gasteiger partial charge in [0.15, 0.2) is 0 Å². The van der Waals surface area contributed by atoms with E-state index in [1.807, 2.05) is 10.9 Å². The molecule has 0 spiro atoms. The van der Waals surface area contributed by atoms with Gasteiger partial charge in [0.05, 0.1) is 24.0 Å². The van der Waals surface area contributed by atoms with E-state index in [-0.39, 0.29) is 35.7 Å². The molecule has 3 aliphatic rings. The van der Waals surface area contributed by atoms with Gasteiger partial charge in [0.1, 0.15) is 16.9 Å². The second-order valence-corrected chi connectivity index (χ2v) is 9.88. The summed E-state index contributed by atoms with van der Waals surface area (Å²) in [5, 5.41) is 17.1. The minimum absolute atomic E-state index is 0.0465. The number of nitrogens with zero attached hydrogens (tertiary/aromatic N) is 5. The quantitative estimate of drug-likeness (QED) is 0.546. The Bertz CT molecular complexity index is 1390. The van der Waals surface area contributed by atoms with E-state index in [0.717, 1.165) is 25.7 Å². The number of nitriles is 1. The Morgan fingerprint density at radius 2 is 2.08 bits per heavy atom. The van der Waals surface area contributed by atoms with E-state index < -0.39 is 11.2 Å². The number of carbonyl (C=O) groups excluding carboxylic acids is 2. The highest BCUT2D eigenvalue weighted by molar-refractivity contribution is 6.05. The normalized spacial score (nSPS) is 21.4. The lowest BCUT2D eigenvalue weighted by Gasteiger charge is -2.24. The SMILES string of the molecule is N#C[C@@]1(C2CC2)CCN(c2c(F)cc(CNC(=O)c3ccccn3)cc2-c2cnn(C3CC3)c2)C1=O. The monoisotopic (exact) mass is 484 g/mol. The van der Waals surface area contributed by atoms with Crippen LogP contribution in [-0.4, -0.2) is 33.1 Å². The first-order chi connectivity index (χ1) is 17.5. The van der Waals surface area contributed by atoms with Gasteiger partial charge in [-0.2, -0.15) is 10.4 Å². The number of hydrogen-bond acceptors (Lipinski definition) is 5. The molecule has 6 rings (SSSR count). The van der Waals surface area contributed by atoms with E-state index in [1.165, 1.54) is 17.2 Å². The summed E-state index contributed by atoms with van der Waals surface area (Å²) < 4.78 is 17.7. The van der Waals surface area contributed by atoms with Crippen molar-refractivity contribution in [2.75, 3.05) is 11.4 Å².